The van der Waals surface area contributed by atoms with Crippen molar-refractivity contribution in [3.8, 4) is 11.5 Å². The van der Waals surface area contributed by atoms with E-state index in [2.05, 4.69) is 12.1 Å². The Balaban J connectivity index is 1.78. The normalized spacial score (nSPS) is 15.0. The lowest BCUT2D eigenvalue weighted by Crippen LogP contribution is -2.17. The van der Waals surface area contributed by atoms with Crippen molar-refractivity contribution in [3.05, 3.63) is 59.7 Å². The number of ether oxygens (including phenoxy) is 2. The Labute approximate surface area is 113 Å². The van der Waals surface area contributed by atoms with Crippen LogP contribution in [0.2, 0.25) is 0 Å². The molecule has 0 radical (unpaired) electrons. The van der Waals surface area contributed by atoms with Gasteiger partial charge in [0.2, 0.25) is 0 Å². The molecule has 0 saturated carbocycles. The van der Waals surface area contributed by atoms with Crippen molar-refractivity contribution in [1.82, 2.24) is 0 Å². The molecule has 3 heteroatoms. The number of nitrogens with two attached hydrogens (primary N) is 1. The van der Waals surface area contributed by atoms with E-state index < -0.39 is 0 Å². The number of hydrogen-bond donors (Lipinski definition) is 1. The Morgan fingerprint density at radius 3 is 2.47 bits per heavy atom. The van der Waals surface area contributed by atoms with Crippen molar-refractivity contribution in [2.24, 2.45) is 5.73 Å². The van der Waals surface area contributed by atoms with E-state index in [0.717, 1.165) is 23.5 Å². The third-order valence-electron chi connectivity index (χ3n) is 3.29. The van der Waals surface area contributed by atoms with Crippen LogP contribution in [0.4, 0.5) is 0 Å². The molecule has 2 aromatic carbocycles. The number of fused-ring (bicyclic) bond motifs is 1. The molecule has 1 aliphatic heterocycles. The van der Waals surface area contributed by atoms with Gasteiger partial charge in [-0.1, -0.05) is 36.4 Å². The molecule has 3 rings (SSSR count). The molecule has 19 heavy (non-hydrogen) atoms. The summed E-state index contributed by atoms with van der Waals surface area (Å²) in [5, 5.41) is 0. The van der Waals surface area contributed by atoms with E-state index in [1.807, 2.05) is 36.4 Å². The predicted octanol–water partition coefficient (Wildman–Crippen LogP) is 2.70. The standard InChI is InChI=1S/C16H17NO2/c17-14(10-12-4-2-1-3-5-12)13-6-7-15-16(11-13)19-9-8-18-15/h1-7,11,14H,8-10,17H2/t14-/m1/s1. The first-order chi connectivity index (χ1) is 9.33. The molecule has 0 saturated heterocycles. The smallest absolute Gasteiger partial charge is 0.161 e. The van der Waals surface area contributed by atoms with E-state index in [1.54, 1.807) is 0 Å². The molecule has 0 aromatic heterocycles. The minimum absolute atomic E-state index is 0.0294. The molecule has 1 aliphatic rings. The molecule has 0 unspecified atom stereocenters. The number of benzene rings is 2. The Morgan fingerprint density at radius 2 is 1.68 bits per heavy atom. The van der Waals surface area contributed by atoms with Crippen molar-refractivity contribution in [1.29, 1.82) is 0 Å². The van der Waals surface area contributed by atoms with Crippen LogP contribution in [0.15, 0.2) is 48.5 Å². The zero-order valence-electron chi connectivity index (χ0n) is 10.7. The van der Waals surface area contributed by atoms with Gasteiger partial charge in [-0.15, -0.1) is 0 Å². The fraction of sp³-hybridized carbons (Fsp3) is 0.250. The van der Waals surface area contributed by atoms with Crippen LogP contribution in [0, 0.1) is 0 Å². The van der Waals surface area contributed by atoms with Crippen LogP contribution >= 0.6 is 0 Å². The summed E-state index contributed by atoms with van der Waals surface area (Å²) in [7, 11) is 0. The Hall–Kier alpha value is -2.00. The van der Waals surface area contributed by atoms with Crippen LogP contribution in [-0.4, -0.2) is 13.2 Å². The summed E-state index contributed by atoms with van der Waals surface area (Å²) in [6.07, 6.45) is 0.820. The van der Waals surface area contributed by atoms with E-state index in [9.17, 15) is 0 Å². The molecule has 0 aliphatic carbocycles. The molecule has 1 heterocycles. The average Bonchev–Trinajstić information content (AvgIpc) is 2.48. The molecule has 2 N–H and O–H groups in total. The summed E-state index contributed by atoms with van der Waals surface area (Å²) in [5.74, 6) is 1.61. The van der Waals surface area contributed by atoms with Crippen LogP contribution in [-0.2, 0) is 6.42 Å². The van der Waals surface area contributed by atoms with E-state index in [4.69, 9.17) is 15.2 Å². The summed E-state index contributed by atoms with van der Waals surface area (Å²) in [5.41, 5.74) is 8.58. The van der Waals surface area contributed by atoms with Gasteiger partial charge in [-0.2, -0.15) is 0 Å². The van der Waals surface area contributed by atoms with Gasteiger partial charge in [0.15, 0.2) is 11.5 Å². The first kappa shape index (κ1) is 12.1. The van der Waals surface area contributed by atoms with Gasteiger partial charge in [0.25, 0.3) is 0 Å². The van der Waals surface area contributed by atoms with Crippen LogP contribution in [0.25, 0.3) is 0 Å². The Morgan fingerprint density at radius 1 is 0.947 bits per heavy atom. The van der Waals surface area contributed by atoms with E-state index in [0.29, 0.717) is 13.2 Å². The molecule has 1 atom stereocenters. The predicted molar refractivity (Wildman–Crippen MR) is 74.5 cm³/mol. The van der Waals surface area contributed by atoms with E-state index in [1.165, 1.54) is 5.56 Å². The van der Waals surface area contributed by atoms with E-state index >= 15 is 0 Å². The summed E-state index contributed by atoms with van der Waals surface area (Å²) in [6.45, 7) is 1.22. The van der Waals surface area contributed by atoms with Crippen molar-refractivity contribution in [2.75, 3.05) is 13.2 Å². The SMILES string of the molecule is N[C@H](Cc1ccccc1)c1ccc2c(c1)OCCO2. The lowest BCUT2D eigenvalue weighted by atomic mass is 9.99. The second kappa shape index (κ2) is 5.33. The first-order valence-electron chi connectivity index (χ1n) is 6.52. The number of hydrogen-bond acceptors (Lipinski definition) is 3. The third kappa shape index (κ3) is 2.71. The van der Waals surface area contributed by atoms with Crippen molar-refractivity contribution in [3.63, 3.8) is 0 Å². The monoisotopic (exact) mass is 255 g/mol. The van der Waals surface area contributed by atoms with Crippen molar-refractivity contribution in [2.45, 2.75) is 12.5 Å². The van der Waals surface area contributed by atoms with Gasteiger partial charge in [0.1, 0.15) is 13.2 Å². The minimum Gasteiger partial charge on any atom is -0.486 e. The lowest BCUT2D eigenvalue weighted by molar-refractivity contribution is 0.171. The summed E-state index contributed by atoms with van der Waals surface area (Å²) in [6, 6.07) is 16.2. The van der Waals surface area contributed by atoms with Gasteiger partial charge in [-0.3, -0.25) is 0 Å². The van der Waals surface area contributed by atoms with Gasteiger partial charge in [-0.25, -0.2) is 0 Å². The zero-order chi connectivity index (χ0) is 13.1. The summed E-state index contributed by atoms with van der Waals surface area (Å²) in [4.78, 5) is 0. The highest BCUT2D eigenvalue weighted by Crippen LogP contribution is 2.32. The molecule has 0 fully saturated rings. The fourth-order valence-corrected chi connectivity index (χ4v) is 2.28. The van der Waals surface area contributed by atoms with Crippen LogP contribution in [0.3, 0.4) is 0 Å². The fourth-order valence-electron chi connectivity index (χ4n) is 2.28. The maximum Gasteiger partial charge on any atom is 0.161 e. The summed E-state index contributed by atoms with van der Waals surface area (Å²) < 4.78 is 11.1. The van der Waals surface area contributed by atoms with Gasteiger partial charge in [0.05, 0.1) is 0 Å². The number of rotatable bonds is 3. The highest BCUT2D eigenvalue weighted by molar-refractivity contribution is 5.44. The van der Waals surface area contributed by atoms with Crippen LogP contribution in [0.1, 0.15) is 17.2 Å². The van der Waals surface area contributed by atoms with Crippen LogP contribution in [0.5, 0.6) is 11.5 Å². The van der Waals surface area contributed by atoms with E-state index in [-0.39, 0.29) is 6.04 Å². The minimum atomic E-state index is -0.0294. The van der Waals surface area contributed by atoms with Gasteiger partial charge in [-0.05, 0) is 29.7 Å². The molecule has 3 nitrogen and oxygen atoms in total. The first-order valence-corrected chi connectivity index (χ1v) is 6.52. The van der Waals surface area contributed by atoms with Gasteiger partial charge >= 0.3 is 0 Å². The average molecular weight is 255 g/mol. The van der Waals surface area contributed by atoms with Gasteiger partial charge < -0.3 is 15.2 Å². The molecular formula is C16H17NO2. The largest absolute Gasteiger partial charge is 0.486 e. The molecule has 0 spiro atoms. The quantitative estimate of drug-likeness (QED) is 0.917. The molecule has 98 valence electrons. The molecule has 0 bridgehead atoms. The second-order valence-electron chi connectivity index (χ2n) is 4.70. The molecule has 2 aromatic rings. The molecule has 0 amide bonds. The third-order valence-corrected chi connectivity index (χ3v) is 3.29. The van der Waals surface area contributed by atoms with Crippen molar-refractivity contribution < 1.29 is 9.47 Å². The summed E-state index contributed by atoms with van der Waals surface area (Å²) >= 11 is 0. The highest BCUT2D eigenvalue weighted by Gasteiger charge is 2.14. The Bertz CT molecular complexity index is 554. The second-order valence-corrected chi connectivity index (χ2v) is 4.70. The van der Waals surface area contributed by atoms with Gasteiger partial charge in [0, 0.05) is 6.04 Å². The van der Waals surface area contributed by atoms with Crippen LogP contribution < -0.4 is 15.2 Å². The highest BCUT2D eigenvalue weighted by atomic mass is 16.6. The lowest BCUT2D eigenvalue weighted by Gasteiger charge is -2.20. The zero-order valence-corrected chi connectivity index (χ0v) is 10.7. The molecular weight excluding hydrogens is 238 g/mol. The maximum atomic E-state index is 6.26. The van der Waals surface area contributed by atoms with Crippen molar-refractivity contribution >= 4 is 0 Å². The Kier molecular flexibility index (Phi) is 3.38. The topological polar surface area (TPSA) is 44.5 Å². The maximum absolute atomic E-state index is 6.26.